The summed E-state index contributed by atoms with van der Waals surface area (Å²) in [6.45, 7) is 7.49. The molecule has 0 radical (unpaired) electrons. The fraction of sp³-hybridized carbons (Fsp3) is 1.00. The van der Waals surface area contributed by atoms with E-state index in [-0.39, 0.29) is 0 Å². The molecule has 2 aliphatic heterocycles. The molecule has 0 bridgehead atoms. The molecule has 0 amide bonds. The summed E-state index contributed by atoms with van der Waals surface area (Å²) in [6.07, 6.45) is 1.28. The summed E-state index contributed by atoms with van der Waals surface area (Å²) in [6, 6.07) is 0. The van der Waals surface area contributed by atoms with E-state index in [9.17, 15) is 0 Å². The highest BCUT2D eigenvalue weighted by Gasteiger charge is 2.41. The van der Waals surface area contributed by atoms with Gasteiger partial charge in [0.25, 0.3) is 0 Å². The van der Waals surface area contributed by atoms with Crippen molar-refractivity contribution >= 4 is 0 Å². The van der Waals surface area contributed by atoms with E-state index >= 15 is 0 Å². The maximum atomic E-state index is 5.35. The van der Waals surface area contributed by atoms with E-state index < -0.39 is 0 Å². The second-order valence-corrected chi connectivity index (χ2v) is 3.20. The third-order valence-corrected chi connectivity index (χ3v) is 2.49. The van der Waals surface area contributed by atoms with Gasteiger partial charge in [-0.05, 0) is 0 Å². The summed E-state index contributed by atoms with van der Waals surface area (Å²) in [5.41, 5.74) is 0. The van der Waals surface area contributed by atoms with Gasteiger partial charge in [0.1, 0.15) is 19.6 Å². The van der Waals surface area contributed by atoms with Crippen molar-refractivity contribution in [3.63, 3.8) is 0 Å². The van der Waals surface area contributed by atoms with Crippen LogP contribution in [0.4, 0.5) is 0 Å². The molecule has 52 valence electrons. The minimum atomic E-state index is 1.00. The molecule has 0 atom stereocenters. The van der Waals surface area contributed by atoms with Crippen LogP contribution in [-0.2, 0) is 4.74 Å². The highest BCUT2D eigenvalue weighted by molar-refractivity contribution is 4.59. The molecule has 2 heteroatoms. The minimum absolute atomic E-state index is 1.00. The zero-order chi connectivity index (χ0) is 6.16. The van der Waals surface area contributed by atoms with Crippen molar-refractivity contribution in [3.05, 3.63) is 0 Å². The SMILES string of the molecule is C1COCC[N+]2(C1)CC2. The van der Waals surface area contributed by atoms with Gasteiger partial charge in [-0.25, -0.2) is 0 Å². The Labute approximate surface area is 56.0 Å². The number of quaternary nitrogens is 1. The zero-order valence-electron chi connectivity index (χ0n) is 5.81. The van der Waals surface area contributed by atoms with Gasteiger partial charge in [-0.1, -0.05) is 0 Å². The fourth-order valence-corrected chi connectivity index (χ4v) is 1.56. The van der Waals surface area contributed by atoms with Gasteiger partial charge in [-0.15, -0.1) is 0 Å². The zero-order valence-corrected chi connectivity index (χ0v) is 5.81. The Kier molecular flexibility index (Phi) is 1.24. The molecule has 0 N–H and O–H groups in total. The predicted octanol–water partition coefficient (Wildman–Crippen LogP) is 0.237. The first kappa shape index (κ1) is 5.69. The number of hydrogen-bond acceptors (Lipinski definition) is 1. The summed E-state index contributed by atoms with van der Waals surface area (Å²) < 4.78 is 6.73. The van der Waals surface area contributed by atoms with Crippen LogP contribution in [0.2, 0.25) is 0 Å². The highest BCUT2D eigenvalue weighted by Crippen LogP contribution is 2.22. The van der Waals surface area contributed by atoms with Crippen LogP contribution in [0.1, 0.15) is 6.42 Å². The number of nitrogens with zero attached hydrogens (tertiary/aromatic N) is 1. The van der Waals surface area contributed by atoms with E-state index in [0.717, 1.165) is 13.2 Å². The average molecular weight is 128 g/mol. The quantitative estimate of drug-likeness (QED) is 0.335. The fourth-order valence-electron chi connectivity index (χ4n) is 1.56. The van der Waals surface area contributed by atoms with E-state index in [2.05, 4.69) is 0 Å². The number of hydrogen-bond donors (Lipinski definition) is 0. The Morgan fingerprint density at radius 2 is 1.78 bits per heavy atom. The van der Waals surface area contributed by atoms with Crippen molar-refractivity contribution in [2.75, 3.05) is 39.4 Å². The maximum absolute atomic E-state index is 5.35. The summed E-state index contributed by atoms with van der Waals surface area (Å²) in [5, 5.41) is 0. The van der Waals surface area contributed by atoms with Gasteiger partial charge in [0.2, 0.25) is 0 Å². The standard InChI is InChI=1S/C7H14NO/c1-2-8(3-4-8)5-7-9-6-1/h1-7H2/q+1. The first-order valence-electron chi connectivity index (χ1n) is 3.84. The van der Waals surface area contributed by atoms with Crippen molar-refractivity contribution in [1.82, 2.24) is 0 Å². The summed E-state index contributed by atoms with van der Waals surface area (Å²) in [5.74, 6) is 0. The van der Waals surface area contributed by atoms with E-state index in [1.165, 1.54) is 37.1 Å². The summed E-state index contributed by atoms with van der Waals surface area (Å²) in [7, 11) is 0. The van der Waals surface area contributed by atoms with Crippen LogP contribution in [0.25, 0.3) is 0 Å². The molecule has 0 unspecified atom stereocenters. The second kappa shape index (κ2) is 1.96. The average Bonchev–Trinajstić information content (AvgIpc) is 2.64. The smallest absolute Gasteiger partial charge is 0.129 e. The first-order chi connectivity index (χ1) is 4.41. The van der Waals surface area contributed by atoms with Crippen LogP contribution in [-0.4, -0.2) is 43.9 Å². The molecular formula is C7H14NO+. The van der Waals surface area contributed by atoms with Crippen LogP contribution in [0.5, 0.6) is 0 Å². The molecule has 2 nitrogen and oxygen atoms in total. The maximum Gasteiger partial charge on any atom is 0.129 e. The molecule has 2 fully saturated rings. The first-order valence-corrected chi connectivity index (χ1v) is 3.84. The lowest BCUT2D eigenvalue weighted by Crippen LogP contribution is -2.28. The van der Waals surface area contributed by atoms with Gasteiger partial charge in [-0.2, -0.15) is 0 Å². The van der Waals surface area contributed by atoms with Crippen LogP contribution in [0.3, 0.4) is 0 Å². The Morgan fingerprint density at radius 1 is 0.889 bits per heavy atom. The van der Waals surface area contributed by atoms with E-state index in [4.69, 9.17) is 4.74 Å². The van der Waals surface area contributed by atoms with Crippen molar-refractivity contribution in [3.8, 4) is 0 Å². The van der Waals surface area contributed by atoms with Gasteiger partial charge in [0, 0.05) is 6.42 Å². The van der Waals surface area contributed by atoms with Crippen LogP contribution in [0.15, 0.2) is 0 Å². The lowest BCUT2D eigenvalue weighted by Gasteiger charge is -2.12. The molecule has 2 saturated heterocycles. The number of rotatable bonds is 0. The van der Waals surface area contributed by atoms with Gasteiger partial charge in [0.05, 0.1) is 19.8 Å². The monoisotopic (exact) mass is 128 g/mol. The predicted molar refractivity (Wildman–Crippen MR) is 35.2 cm³/mol. The molecule has 0 saturated carbocycles. The summed E-state index contributed by atoms with van der Waals surface area (Å²) in [4.78, 5) is 0. The van der Waals surface area contributed by atoms with Crippen molar-refractivity contribution < 1.29 is 9.22 Å². The molecule has 2 rings (SSSR count). The van der Waals surface area contributed by atoms with Crippen molar-refractivity contribution in [2.24, 2.45) is 0 Å². The molecule has 0 aromatic rings. The third-order valence-electron chi connectivity index (χ3n) is 2.49. The van der Waals surface area contributed by atoms with Crippen molar-refractivity contribution in [1.29, 1.82) is 0 Å². The minimum Gasteiger partial charge on any atom is -0.375 e. The summed E-state index contributed by atoms with van der Waals surface area (Å²) >= 11 is 0. The molecule has 0 aromatic heterocycles. The largest absolute Gasteiger partial charge is 0.375 e. The van der Waals surface area contributed by atoms with E-state index in [1.54, 1.807) is 0 Å². The second-order valence-electron chi connectivity index (χ2n) is 3.20. The molecule has 0 aromatic carbocycles. The molecule has 2 heterocycles. The van der Waals surface area contributed by atoms with Crippen LogP contribution >= 0.6 is 0 Å². The van der Waals surface area contributed by atoms with Gasteiger partial charge in [0.15, 0.2) is 0 Å². The van der Waals surface area contributed by atoms with Gasteiger partial charge in [-0.3, -0.25) is 0 Å². The third kappa shape index (κ3) is 1.10. The van der Waals surface area contributed by atoms with Gasteiger partial charge < -0.3 is 9.22 Å². The molecule has 2 aliphatic rings. The molecule has 1 spiro atoms. The lowest BCUT2D eigenvalue weighted by atomic mass is 10.4. The van der Waals surface area contributed by atoms with Crippen molar-refractivity contribution in [2.45, 2.75) is 6.42 Å². The van der Waals surface area contributed by atoms with E-state index in [1.807, 2.05) is 0 Å². The van der Waals surface area contributed by atoms with Gasteiger partial charge >= 0.3 is 0 Å². The molecule has 9 heavy (non-hydrogen) atoms. The normalized spacial score (nSPS) is 32.0. The Bertz CT molecular complexity index is 99.5. The topological polar surface area (TPSA) is 9.23 Å². The highest BCUT2D eigenvalue weighted by atomic mass is 16.5. The van der Waals surface area contributed by atoms with Crippen LogP contribution < -0.4 is 0 Å². The molecular weight excluding hydrogens is 114 g/mol. The Hall–Kier alpha value is -0.0800. The number of ether oxygens (including phenoxy) is 1. The molecule has 0 aliphatic carbocycles. The lowest BCUT2D eigenvalue weighted by molar-refractivity contribution is -0.797. The van der Waals surface area contributed by atoms with Crippen LogP contribution in [0, 0.1) is 0 Å². The Morgan fingerprint density at radius 3 is 2.56 bits per heavy atom. The van der Waals surface area contributed by atoms with E-state index in [0.29, 0.717) is 0 Å². The Balaban J connectivity index is 1.92.